The van der Waals surface area contributed by atoms with Gasteiger partial charge in [0, 0.05) is 0 Å². The van der Waals surface area contributed by atoms with Gasteiger partial charge in [0.15, 0.2) is 0 Å². The zero-order valence-electron chi connectivity index (χ0n) is 9.22. The highest BCUT2D eigenvalue weighted by Crippen LogP contribution is 2.22. The van der Waals surface area contributed by atoms with E-state index < -0.39 is 12.1 Å². The molecule has 3 heteroatoms. The third kappa shape index (κ3) is 3.53. The Bertz CT molecular complexity index is 312. The highest BCUT2D eigenvalue weighted by molar-refractivity contribution is 5.29. The fourth-order valence-electron chi connectivity index (χ4n) is 1.58. The van der Waals surface area contributed by atoms with Crippen LogP contribution in [0.15, 0.2) is 24.3 Å². The second-order valence-corrected chi connectivity index (χ2v) is 4.32. The van der Waals surface area contributed by atoms with Crippen LogP contribution in [0.4, 0.5) is 0 Å². The number of phenols is 1. The molecule has 1 aromatic carbocycles. The van der Waals surface area contributed by atoms with E-state index in [2.05, 4.69) is 0 Å². The summed E-state index contributed by atoms with van der Waals surface area (Å²) in [5.74, 6) is 0.586. The lowest BCUT2D eigenvalue weighted by Crippen LogP contribution is -2.27. The van der Waals surface area contributed by atoms with Gasteiger partial charge in [-0.1, -0.05) is 26.0 Å². The quantitative estimate of drug-likeness (QED) is 0.708. The highest BCUT2D eigenvalue weighted by Gasteiger charge is 2.17. The molecule has 84 valence electrons. The van der Waals surface area contributed by atoms with Crippen LogP contribution >= 0.6 is 0 Å². The molecule has 2 atom stereocenters. The summed E-state index contributed by atoms with van der Waals surface area (Å²) < 4.78 is 0. The first-order chi connectivity index (χ1) is 7.00. The van der Waals surface area contributed by atoms with Crippen molar-refractivity contribution in [1.82, 2.24) is 0 Å². The molecule has 0 unspecified atom stereocenters. The van der Waals surface area contributed by atoms with E-state index in [0.29, 0.717) is 12.3 Å². The molecular weight excluding hydrogens is 190 g/mol. The fraction of sp³-hybridized carbons (Fsp3) is 0.500. The van der Waals surface area contributed by atoms with E-state index >= 15 is 0 Å². The molecule has 0 spiro atoms. The molecule has 15 heavy (non-hydrogen) atoms. The molecule has 1 rings (SSSR count). The summed E-state index contributed by atoms with van der Waals surface area (Å²) in [4.78, 5) is 0. The number of aliphatic hydroxyl groups is 1. The van der Waals surface area contributed by atoms with Crippen LogP contribution in [-0.2, 0) is 0 Å². The second kappa shape index (κ2) is 5.14. The lowest BCUT2D eigenvalue weighted by atomic mass is 9.95. The minimum Gasteiger partial charge on any atom is -0.508 e. The number of aromatic hydroxyl groups is 1. The normalized spacial score (nSPS) is 15.3. The van der Waals surface area contributed by atoms with Crippen molar-refractivity contribution in [3.05, 3.63) is 29.8 Å². The number of phenolic OH excluding ortho intramolecular Hbond substituents is 1. The van der Waals surface area contributed by atoms with Gasteiger partial charge in [0.1, 0.15) is 5.75 Å². The largest absolute Gasteiger partial charge is 0.508 e. The van der Waals surface area contributed by atoms with E-state index in [0.717, 1.165) is 5.56 Å². The number of nitrogens with two attached hydrogens (primary N) is 1. The lowest BCUT2D eigenvalue weighted by molar-refractivity contribution is 0.121. The van der Waals surface area contributed by atoms with Gasteiger partial charge < -0.3 is 15.9 Å². The number of aliphatic hydroxyl groups excluding tert-OH is 1. The van der Waals surface area contributed by atoms with Crippen LogP contribution in [0.5, 0.6) is 5.75 Å². The van der Waals surface area contributed by atoms with Crippen molar-refractivity contribution in [2.45, 2.75) is 32.4 Å². The van der Waals surface area contributed by atoms with Crippen LogP contribution in [0.25, 0.3) is 0 Å². The molecule has 0 saturated heterocycles. The van der Waals surface area contributed by atoms with Gasteiger partial charge in [0.05, 0.1) is 12.1 Å². The Morgan fingerprint density at radius 1 is 1.33 bits per heavy atom. The molecular formula is C12H19NO2. The molecule has 0 saturated carbocycles. The zero-order valence-corrected chi connectivity index (χ0v) is 9.22. The van der Waals surface area contributed by atoms with E-state index in [4.69, 9.17) is 5.73 Å². The van der Waals surface area contributed by atoms with Crippen LogP contribution < -0.4 is 5.73 Å². The van der Waals surface area contributed by atoms with Crippen LogP contribution in [0, 0.1) is 5.92 Å². The molecule has 0 aliphatic rings. The Kier molecular flexibility index (Phi) is 4.12. The molecule has 0 heterocycles. The Labute approximate surface area is 90.5 Å². The summed E-state index contributed by atoms with van der Waals surface area (Å²) in [6.45, 7) is 4.08. The predicted molar refractivity (Wildman–Crippen MR) is 60.5 cm³/mol. The van der Waals surface area contributed by atoms with Crippen molar-refractivity contribution in [1.29, 1.82) is 0 Å². The second-order valence-electron chi connectivity index (χ2n) is 4.32. The van der Waals surface area contributed by atoms with E-state index in [1.165, 1.54) is 0 Å². The van der Waals surface area contributed by atoms with Crippen LogP contribution in [-0.4, -0.2) is 16.3 Å². The van der Waals surface area contributed by atoms with Gasteiger partial charge in [0.2, 0.25) is 0 Å². The molecule has 3 nitrogen and oxygen atoms in total. The van der Waals surface area contributed by atoms with Crippen LogP contribution in [0.3, 0.4) is 0 Å². The Morgan fingerprint density at radius 2 is 2.00 bits per heavy atom. The van der Waals surface area contributed by atoms with E-state index in [1.807, 2.05) is 19.9 Å². The van der Waals surface area contributed by atoms with Crippen LogP contribution in [0.1, 0.15) is 31.9 Å². The smallest absolute Gasteiger partial charge is 0.115 e. The first-order valence-electron chi connectivity index (χ1n) is 5.23. The summed E-state index contributed by atoms with van der Waals surface area (Å²) >= 11 is 0. The first-order valence-corrected chi connectivity index (χ1v) is 5.23. The lowest BCUT2D eigenvalue weighted by Gasteiger charge is -2.20. The number of hydrogen-bond donors (Lipinski definition) is 3. The van der Waals surface area contributed by atoms with E-state index in [-0.39, 0.29) is 5.75 Å². The van der Waals surface area contributed by atoms with Crippen molar-refractivity contribution in [2.24, 2.45) is 11.7 Å². The monoisotopic (exact) mass is 209 g/mol. The molecule has 0 fully saturated rings. The summed E-state index contributed by atoms with van der Waals surface area (Å²) in [6.07, 6.45) is 0.100. The number of hydrogen-bond acceptors (Lipinski definition) is 3. The maximum atomic E-state index is 9.83. The summed E-state index contributed by atoms with van der Waals surface area (Å²) in [6, 6.07) is 6.29. The van der Waals surface area contributed by atoms with Gasteiger partial charge in [0.25, 0.3) is 0 Å². The van der Waals surface area contributed by atoms with Gasteiger partial charge in [-0.05, 0) is 30.0 Å². The standard InChI is InChI=1S/C12H19NO2/c1-8(2)6-11(15)12(13)9-4-3-5-10(14)7-9/h3-5,7-8,11-12,14-15H,6,13H2,1-2H3/t11-,12+/m1/s1. The third-order valence-corrected chi connectivity index (χ3v) is 2.38. The van der Waals surface area contributed by atoms with Crippen molar-refractivity contribution in [3.8, 4) is 5.75 Å². The average Bonchev–Trinajstić information content (AvgIpc) is 2.15. The Balaban J connectivity index is 2.71. The fourth-order valence-corrected chi connectivity index (χ4v) is 1.58. The minimum absolute atomic E-state index is 0.180. The average molecular weight is 209 g/mol. The van der Waals surface area contributed by atoms with Gasteiger partial charge in [-0.25, -0.2) is 0 Å². The first kappa shape index (κ1) is 12.0. The predicted octanol–water partition coefficient (Wildman–Crippen LogP) is 1.80. The summed E-state index contributed by atoms with van der Waals surface area (Å²) in [7, 11) is 0. The zero-order chi connectivity index (χ0) is 11.4. The van der Waals surface area contributed by atoms with Crippen molar-refractivity contribution >= 4 is 0 Å². The molecule has 4 N–H and O–H groups in total. The molecule has 0 bridgehead atoms. The maximum absolute atomic E-state index is 9.83. The topological polar surface area (TPSA) is 66.5 Å². The molecule has 0 aliphatic carbocycles. The van der Waals surface area contributed by atoms with Crippen molar-refractivity contribution in [2.75, 3.05) is 0 Å². The molecule has 0 radical (unpaired) electrons. The Morgan fingerprint density at radius 3 is 2.53 bits per heavy atom. The van der Waals surface area contributed by atoms with Gasteiger partial charge in [-0.15, -0.1) is 0 Å². The van der Waals surface area contributed by atoms with Crippen molar-refractivity contribution in [3.63, 3.8) is 0 Å². The van der Waals surface area contributed by atoms with E-state index in [1.54, 1.807) is 18.2 Å². The van der Waals surface area contributed by atoms with Crippen LogP contribution in [0.2, 0.25) is 0 Å². The van der Waals surface area contributed by atoms with Gasteiger partial charge in [-0.3, -0.25) is 0 Å². The Hall–Kier alpha value is -1.06. The maximum Gasteiger partial charge on any atom is 0.115 e. The summed E-state index contributed by atoms with van der Waals surface area (Å²) in [5.41, 5.74) is 6.66. The molecule has 1 aromatic rings. The van der Waals surface area contributed by atoms with Crippen molar-refractivity contribution < 1.29 is 10.2 Å². The SMILES string of the molecule is CC(C)C[C@@H](O)[C@@H](N)c1cccc(O)c1. The van der Waals surface area contributed by atoms with Gasteiger partial charge >= 0.3 is 0 Å². The number of rotatable bonds is 4. The van der Waals surface area contributed by atoms with Gasteiger partial charge in [-0.2, -0.15) is 0 Å². The third-order valence-electron chi connectivity index (χ3n) is 2.38. The highest BCUT2D eigenvalue weighted by atomic mass is 16.3. The molecule has 0 aliphatic heterocycles. The number of benzene rings is 1. The minimum atomic E-state index is -0.563. The molecule has 0 aromatic heterocycles. The van der Waals surface area contributed by atoms with E-state index in [9.17, 15) is 10.2 Å². The molecule has 0 amide bonds. The summed E-state index contributed by atoms with van der Waals surface area (Å²) in [5, 5.41) is 19.1.